The summed E-state index contributed by atoms with van der Waals surface area (Å²) in [4.78, 5) is 18.5. The van der Waals surface area contributed by atoms with E-state index in [0.717, 1.165) is 12.0 Å². The second-order valence-electron chi connectivity index (χ2n) is 7.84. The summed E-state index contributed by atoms with van der Waals surface area (Å²) in [6, 6.07) is 15.0. The standard InChI is InChI=1S/C23H25N5O3/c29-15-19-13-17-3-1-2-4-18(17)14-28(19)23-25-21(16-5-7-20(30)8-6-16)24-22(26-23)27-9-11-31-12-10-27/h1-8,19,29-30H,9-15H2/t19-/m0/s1. The Bertz CT molecular complexity index is 1050. The molecular formula is C23H25N5O3. The van der Waals surface area contributed by atoms with Gasteiger partial charge in [-0.15, -0.1) is 0 Å². The summed E-state index contributed by atoms with van der Waals surface area (Å²) in [7, 11) is 0. The van der Waals surface area contributed by atoms with Crippen molar-refractivity contribution < 1.29 is 14.9 Å². The van der Waals surface area contributed by atoms with E-state index in [9.17, 15) is 10.2 Å². The van der Waals surface area contributed by atoms with E-state index in [0.29, 0.717) is 50.6 Å². The topological polar surface area (TPSA) is 94.8 Å². The monoisotopic (exact) mass is 419 g/mol. The first-order valence-electron chi connectivity index (χ1n) is 10.5. The molecule has 3 heterocycles. The highest BCUT2D eigenvalue weighted by Crippen LogP contribution is 2.29. The van der Waals surface area contributed by atoms with Crippen LogP contribution in [-0.4, -0.2) is 64.1 Å². The summed E-state index contributed by atoms with van der Waals surface area (Å²) in [5, 5.41) is 19.8. The Morgan fingerprint density at radius 3 is 2.35 bits per heavy atom. The van der Waals surface area contributed by atoms with Crippen LogP contribution in [0.5, 0.6) is 5.75 Å². The normalized spacial score (nSPS) is 18.7. The molecule has 2 aromatic carbocycles. The number of phenols is 1. The Labute approximate surface area is 180 Å². The number of anilines is 2. The van der Waals surface area contributed by atoms with Gasteiger partial charge in [0.25, 0.3) is 0 Å². The van der Waals surface area contributed by atoms with Crippen molar-refractivity contribution in [1.82, 2.24) is 15.0 Å². The second kappa shape index (κ2) is 8.49. The van der Waals surface area contributed by atoms with Gasteiger partial charge in [-0.1, -0.05) is 24.3 Å². The average molecular weight is 419 g/mol. The number of benzene rings is 2. The number of aliphatic hydroxyl groups is 1. The average Bonchev–Trinajstić information content (AvgIpc) is 2.84. The van der Waals surface area contributed by atoms with Crippen molar-refractivity contribution in [1.29, 1.82) is 0 Å². The Kier molecular flexibility index (Phi) is 5.40. The molecule has 0 spiro atoms. The Morgan fingerprint density at radius 2 is 1.61 bits per heavy atom. The predicted octanol–water partition coefficient (Wildman–Crippen LogP) is 2.00. The van der Waals surface area contributed by atoms with E-state index in [1.165, 1.54) is 11.1 Å². The third-order valence-corrected chi connectivity index (χ3v) is 5.85. The van der Waals surface area contributed by atoms with Crippen molar-refractivity contribution in [2.45, 2.75) is 19.0 Å². The number of aliphatic hydroxyl groups excluding tert-OH is 1. The Hall–Kier alpha value is -3.23. The molecule has 3 aromatic rings. The molecular weight excluding hydrogens is 394 g/mol. The van der Waals surface area contributed by atoms with Gasteiger partial charge in [0.15, 0.2) is 5.82 Å². The number of nitrogens with zero attached hydrogens (tertiary/aromatic N) is 5. The van der Waals surface area contributed by atoms with Gasteiger partial charge in [0.2, 0.25) is 11.9 Å². The quantitative estimate of drug-likeness (QED) is 0.663. The maximum absolute atomic E-state index is 10.1. The van der Waals surface area contributed by atoms with Crippen LogP contribution < -0.4 is 9.80 Å². The first-order valence-corrected chi connectivity index (χ1v) is 10.5. The molecule has 2 aliphatic heterocycles. The van der Waals surface area contributed by atoms with E-state index in [1.54, 1.807) is 24.3 Å². The van der Waals surface area contributed by atoms with Crippen LogP contribution in [0.15, 0.2) is 48.5 Å². The third-order valence-electron chi connectivity index (χ3n) is 5.85. The Morgan fingerprint density at radius 1 is 0.903 bits per heavy atom. The number of phenolic OH excluding ortho intramolecular Hbond substituents is 1. The molecule has 0 unspecified atom stereocenters. The van der Waals surface area contributed by atoms with Gasteiger partial charge in [-0.05, 0) is 41.8 Å². The van der Waals surface area contributed by atoms with Crippen LogP contribution >= 0.6 is 0 Å². The highest BCUT2D eigenvalue weighted by atomic mass is 16.5. The van der Waals surface area contributed by atoms with Crippen molar-refractivity contribution >= 4 is 11.9 Å². The van der Waals surface area contributed by atoms with Gasteiger partial charge >= 0.3 is 0 Å². The summed E-state index contributed by atoms with van der Waals surface area (Å²) >= 11 is 0. The summed E-state index contributed by atoms with van der Waals surface area (Å²) in [6.07, 6.45) is 0.736. The second-order valence-corrected chi connectivity index (χ2v) is 7.84. The molecule has 0 saturated carbocycles. The van der Waals surface area contributed by atoms with Crippen LogP contribution in [-0.2, 0) is 17.7 Å². The maximum Gasteiger partial charge on any atom is 0.231 e. The van der Waals surface area contributed by atoms with E-state index in [4.69, 9.17) is 19.7 Å². The number of hydrogen-bond acceptors (Lipinski definition) is 8. The van der Waals surface area contributed by atoms with E-state index < -0.39 is 0 Å². The number of ether oxygens (including phenoxy) is 1. The SMILES string of the molecule is OC[C@@H]1Cc2ccccc2CN1c1nc(-c2ccc(O)cc2)nc(N2CCOCC2)n1. The van der Waals surface area contributed by atoms with Gasteiger partial charge < -0.3 is 24.7 Å². The number of rotatable bonds is 4. The lowest BCUT2D eigenvalue weighted by molar-refractivity contribution is 0.122. The number of morpholine rings is 1. The molecule has 0 bridgehead atoms. The van der Waals surface area contributed by atoms with Gasteiger partial charge in [-0.25, -0.2) is 0 Å². The zero-order valence-corrected chi connectivity index (χ0v) is 17.2. The molecule has 160 valence electrons. The Balaban J connectivity index is 1.58. The third kappa shape index (κ3) is 4.04. The van der Waals surface area contributed by atoms with Crippen LogP contribution in [0.2, 0.25) is 0 Å². The van der Waals surface area contributed by atoms with Crippen molar-refractivity contribution in [2.75, 3.05) is 42.7 Å². The maximum atomic E-state index is 10.1. The molecule has 1 atom stereocenters. The van der Waals surface area contributed by atoms with Crippen molar-refractivity contribution in [3.63, 3.8) is 0 Å². The molecule has 1 aromatic heterocycles. The summed E-state index contributed by atoms with van der Waals surface area (Å²) in [5.74, 6) is 1.89. The van der Waals surface area contributed by atoms with E-state index in [2.05, 4.69) is 21.9 Å². The van der Waals surface area contributed by atoms with Crippen LogP contribution in [0.1, 0.15) is 11.1 Å². The molecule has 1 saturated heterocycles. The van der Waals surface area contributed by atoms with Crippen molar-refractivity contribution in [3.05, 3.63) is 59.7 Å². The van der Waals surface area contributed by atoms with Gasteiger partial charge in [0.05, 0.1) is 25.9 Å². The lowest BCUT2D eigenvalue weighted by Crippen LogP contribution is -2.44. The summed E-state index contributed by atoms with van der Waals surface area (Å²) < 4.78 is 5.49. The molecule has 0 radical (unpaired) electrons. The minimum absolute atomic E-state index is 0.0153. The lowest BCUT2D eigenvalue weighted by Gasteiger charge is -2.36. The lowest BCUT2D eigenvalue weighted by atomic mass is 9.94. The van der Waals surface area contributed by atoms with E-state index in [1.807, 2.05) is 12.1 Å². The fourth-order valence-corrected chi connectivity index (χ4v) is 4.11. The van der Waals surface area contributed by atoms with Crippen LogP contribution in [0.3, 0.4) is 0 Å². The zero-order chi connectivity index (χ0) is 21.2. The number of fused-ring (bicyclic) bond motifs is 1. The van der Waals surface area contributed by atoms with E-state index in [-0.39, 0.29) is 18.4 Å². The fourth-order valence-electron chi connectivity index (χ4n) is 4.11. The van der Waals surface area contributed by atoms with Gasteiger partial charge in [0.1, 0.15) is 5.75 Å². The number of aromatic hydroxyl groups is 1. The molecule has 31 heavy (non-hydrogen) atoms. The van der Waals surface area contributed by atoms with Gasteiger partial charge in [0, 0.05) is 25.2 Å². The highest BCUT2D eigenvalue weighted by molar-refractivity contribution is 5.60. The molecule has 2 N–H and O–H groups in total. The summed E-state index contributed by atoms with van der Waals surface area (Å²) in [5.41, 5.74) is 3.26. The molecule has 8 heteroatoms. The van der Waals surface area contributed by atoms with Gasteiger partial charge in [-0.3, -0.25) is 0 Å². The highest BCUT2D eigenvalue weighted by Gasteiger charge is 2.29. The number of hydrogen-bond donors (Lipinski definition) is 2. The van der Waals surface area contributed by atoms with Crippen LogP contribution in [0.4, 0.5) is 11.9 Å². The number of aromatic nitrogens is 3. The summed E-state index contributed by atoms with van der Waals surface area (Å²) in [6.45, 7) is 3.33. The largest absolute Gasteiger partial charge is 0.508 e. The minimum Gasteiger partial charge on any atom is -0.508 e. The van der Waals surface area contributed by atoms with Crippen LogP contribution in [0, 0.1) is 0 Å². The van der Waals surface area contributed by atoms with E-state index >= 15 is 0 Å². The first kappa shape index (κ1) is 19.7. The molecule has 0 amide bonds. The molecule has 0 aliphatic carbocycles. The molecule has 8 nitrogen and oxygen atoms in total. The zero-order valence-electron chi connectivity index (χ0n) is 17.2. The fraction of sp³-hybridized carbons (Fsp3) is 0.348. The minimum atomic E-state index is -0.109. The molecule has 5 rings (SSSR count). The van der Waals surface area contributed by atoms with Crippen molar-refractivity contribution in [2.24, 2.45) is 0 Å². The first-order chi connectivity index (χ1) is 15.2. The molecule has 2 aliphatic rings. The van der Waals surface area contributed by atoms with Crippen LogP contribution in [0.25, 0.3) is 11.4 Å². The molecule has 1 fully saturated rings. The predicted molar refractivity (Wildman–Crippen MR) is 117 cm³/mol. The smallest absolute Gasteiger partial charge is 0.231 e. The van der Waals surface area contributed by atoms with Crippen molar-refractivity contribution in [3.8, 4) is 17.1 Å². The van der Waals surface area contributed by atoms with Gasteiger partial charge in [-0.2, -0.15) is 15.0 Å².